The lowest BCUT2D eigenvalue weighted by molar-refractivity contribution is 0.0949. The molecular weight excluding hydrogens is 390 g/mol. The second-order valence-corrected chi connectivity index (χ2v) is 7.41. The van der Waals surface area contributed by atoms with E-state index in [9.17, 15) is 4.79 Å². The van der Waals surface area contributed by atoms with Gasteiger partial charge in [-0.05, 0) is 66.9 Å². The van der Waals surface area contributed by atoms with Crippen LogP contribution in [-0.4, -0.2) is 39.9 Å². The van der Waals surface area contributed by atoms with Crippen molar-refractivity contribution in [3.05, 3.63) is 77.1 Å². The molecule has 0 aliphatic carbocycles. The summed E-state index contributed by atoms with van der Waals surface area (Å²) in [6, 6.07) is 11.7. The smallest absolute Gasteiger partial charge is 0.251 e. The summed E-state index contributed by atoms with van der Waals surface area (Å²) >= 11 is 0. The van der Waals surface area contributed by atoms with E-state index >= 15 is 0 Å². The van der Waals surface area contributed by atoms with E-state index in [1.54, 1.807) is 12.4 Å². The molecule has 3 heterocycles. The molecule has 3 aromatic rings. The summed E-state index contributed by atoms with van der Waals surface area (Å²) in [5, 5.41) is 9.42. The van der Waals surface area contributed by atoms with Crippen LogP contribution in [0.1, 0.15) is 33.1 Å². The highest BCUT2D eigenvalue weighted by Gasteiger charge is 2.12. The maximum Gasteiger partial charge on any atom is 0.251 e. The quantitative estimate of drug-likeness (QED) is 0.570. The maximum atomic E-state index is 12.9. The molecule has 0 spiro atoms. The van der Waals surface area contributed by atoms with E-state index < -0.39 is 0 Å². The van der Waals surface area contributed by atoms with Gasteiger partial charge in [0.1, 0.15) is 5.82 Å². The first-order chi connectivity index (χ1) is 15.1. The average Bonchev–Trinajstić information content (AvgIpc) is 3.30. The number of nitrogens with one attached hydrogen (secondary N) is 3. The lowest BCUT2D eigenvalue weighted by Gasteiger charge is -2.12. The van der Waals surface area contributed by atoms with Crippen LogP contribution in [0.2, 0.25) is 0 Å². The molecule has 8 nitrogen and oxygen atoms in total. The Morgan fingerprint density at radius 2 is 1.87 bits per heavy atom. The Balaban J connectivity index is 1.57. The molecule has 0 unspecified atom stereocenters. The Morgan fingerprint density at radius 3 is 2.65 bits per heavy atom. The van der Waals surface area contributed by atoms with Crippen LogP contribution in [-0.2, 0) is 13.1 Å². The average molecular weight is 416 g/mol. The lowest BCUT2D eigenvalue weighted by atomic mass is 9.99. The third-order valence-electron chi connectivity index (χ3n) is 4.87. The minimum atomic E-state index is -0.171. The first-order valence-corrected chi connectivity index (χ1v) is 10.2. The second-order valence-electron chi connectivity index (χ2n) is 7.41. The van der Waals surface area contributed by atoms with Crippen LogP contribution in [0.15, 0.2) is 53.8 Å². The number of aromatic nitrogens is 3. The summed E-state index contributed by atoms with van der Waals surface area (Å²) in [7, 11) is 0. The predicted molar refractivity (Wildman–Crippen MR) is 119 cm³/mol. The molecule has 0 saturated heterocycles. The molecule has 158 valence electrons. The zero-order valence-corrected chi connectivity index (χ0v) is 17.6. The Morgan fingerprint density at radius 1 is 1.00 bits per heavy atom. The van der Waals surface area contributed by atoms with Crippen LogP contribution in [0, 0.1) is 13.8 Å². The molecule has 0 bridgehead atoms. The molecule has 1 aromatic carbocycles. The largest absolute Gasteiger partial charge is 0.355 e. The van der Waals surface area contributed by atoms with Gasteiger partial charge in [-0.25, -0.2) is 9.97 Å². The molecular formula is C23H25N7O. The molecule has 1 aliphatic rings. The number of rotatable bonds is 6. The number of carbonyl (C=O) groups excluding carboxylic acids is 1. The summed E-state index contributed by atoms with van der Waals surface area (Å²) in [6.45, 7) is 6.30. The highest BCUT2D eigenvalue weighted by atomic mass is 16.1. The molecule has 1 amide bonds. The van der Waals surface area contributed by atoms with Gasteiger partial charge in [0.15, 0.2) is 5.96 Å². The molecule has 0 saturated carbocycles. The molecule has 8 heteroatoms. The van der Waals surface area contributed by atoms with Crippen LogP contribution in [0.4, 0.5) is 0 Å². The zero-order chi connectivity index (χ0) is 21.6. The predicted octanol–water partition coefficient (Wildman–Crippen LogP) is 2.13. The van der Waals surface area contributed by atoms with Gasteiger partial charge >= 0.3 is 0 Å². The number of aryl methyl sites for hydroxylation is 2. The van der Waals surface area contributed by atoms with Crippen LogP contribution in [0.25, 0.3) is 11.1 Å². The van der Waals surface area contributed by atoms with Crippen molar-refractivity contribution in [2.24, 2.45) is 4.99 Å². The van der Waals surface area contributed by atoms with Gasteiger partial charge < -0.3 is 16.0 Å². The van der Waals surface area contributed by atoms with E-state index in [2.05, 4.69) is 42.0 Å². The molecule has 31 heavy (non-hydrogen) atoms. The van der Waals surface area contributed by atoms with Gasteiger partial charge in [0.05, 0.1) is 13.1 Å². The van der Waals surface area contributed by atoms with Crippen molar-refractivity contribution < 1.29 is 4.79 Å². The SMILES string of the molecule is Cc1cc(-c2cc(CNC3=NCCN3)cc(C(=O)NCc3nccc(C)n3)c2)ccn1. The summed E-state index contributed by atoms with van der Waals surface area (Å²) in [6.07, 6.45) is 3.47. The van der Waals surface area contributed by atoms with Gasteiger partial charge in [0, 0.05) is 42.4 Å². The van der Waals surface area contributed by atoms with Crippen molar-refractivity contribution in [2.45, 2.75) is 26.9 Å². The zero-order valence-electron chi connectivity index (χ0n) is 17.6. The van der Waals surface area contributed by atoms with Crippen LogP contribution >= 0.6 is 0 Å². The van der Waals surface area contributed by atoms with Gasteiger partial charge in [-0.1, -0.05) is 0 Å². The van der Waals surface area contributed by atoms with Crippen molar-refractivity contribution >= 4 is 11.9 Å². The Kier molecular flexibility index (Phi) is 6.16. The minimum absolute atomic E-state index is 0.171. The molecule has 0 fully saturated rings. The van der Waals surface area contributed by atoms with Gasteiger partial charge in [-0.3, -0.25) is 14.8 Å². The number of nitrogens with zero attached hydrogens (tertiary/aromatic N) is 4. The number of guanidine groups is 1. The maximum absolute atomic E-state index is 12.9. The summed E-state index contributed by atoms with van der Waals surface area (Å²) in [5.41, 5.74) is 5.34. The fraction of sp³-hybridized carbons (Fsp3) is 0.261. The minimum Gasteiger partial charge on any atom is -0.355 e. The number of hydrogen-bond donors (Lipinski definition) is 3. The number of hydrogen-bond acceptors (Lipinski definition) is 7. The van der Waals surface area contributed by atoms with E-state index in [4.69, 9.17) is 0 Å². The van der Waals surface area contributed by atoms with Crippen LogP contribution < -0.4 is 16.0 Å². The number of amides is 1. The summed E-state index contributed by atoms with van der Waals surface area (Å²) in [5.74, 6) is 1.20. The van der Waals surface area contributed by atoms with E-state index in [0.717, 1.165) is 47.1 Å². The van der Waals surface area contributed by atoms with E-state index in [1.165, 1.54) is 0 Å². The first-order valence-electron chi connectivity index (χ1n) is 10.2. The second kappa shape index (κ2) is 9.34. The summed E-state index contributed by atoms with van der Waals surface area (Å²) < 4.78 is 0. The highest BCUT2D eigenvalue weighted by Crippen LogP contribution is 2.23. The van der Waals surface area contributed by atoms with Crippen LogP contribution in [0.5, 0.6) is 0 Å². The Labute approximate surface area is 181 Å². The molecule has 1 aliphatic heterocycles. The van der Waals surface area contributed by atoms with Gasteiger partial charge in [0.2, 0.25) is 0 Å². The Hall–Kier alpha value is -3.81. The van der Waals surface area contributed by atoms with Crippen molar-refractivity contribution in [1.82, 2.24) is 30.9 Å². The number of pyridine rings is 1. The molecule has 0 radical (unpaired) electrons. The highest BCUT2D eigenvalue weighted by molar-refractivity contribution is 5.95. The number of carbonyl (C=O) groups is 1. The Bertz CT molecular complexity index is 1130. The van der Waals surface area contributed by atoms with E-state index in [0.29, 0.717) is 17.9 Å². The third kappa shape index (κ3) is 5.42. The molecule has 2 aromatic heterocycles. The third-order valence-corrected chi connectivity index (χ3v) is 4.87. The number of benzene rings is 1. The summed E-state index contributed by atoms with van der Waals surface area (Å²) in [4.78, 5) is 30.1. The van der Waals surface area contributed by atoms with Gasteiger partial charge in [0.25, 0.3) is 5.91 Å². The standard InChI is InChI=1S/C23H25N7O/c1-15-3-5-25-21(30-15)14-28-22(31)20-11-17(13-29-23-26-7-8-27-23)10-19(12-20)18-4-6-24-16(2)9-18/h3-6,9-12H,7-8,13-14H2,1-2H3,(H,28,31)(H2,26,27,29). The van der Waals surface area contributed by atoms with Crippen molar-refractivity contribution in [2.75, 3.05) is 13.1 Å². The lowest BCUT2D eigenvalue weighted by Crippen LogP contribution is -2.33. The van der Waals surface area contributed by atoms with Gasteiger partial charge in [-0.2, -0.15) is 0 Å². The van der Waals surface area contributed by atoms with Gasteiger partial charge in [-0.15, -0.1) is 0 Å². The fourth-order valence-electron chi connectivity index (χ4n) is 3.37. The van der Waals surface area contributed by atoms with E-state index in [-0.39, 0.29) is 12.5 Å². The van der Waals surface area contributed by atoms with Crippen molar-refractivity contribution in [3.8, 4) is 11.1 Å². The molecule has 4 rings (SSSR count). The fourth-order valence-corrected chi connectivity index (χ4v) is 3.37. The van der Waals surface area contributed by atoms with Crippen molar-refractivity contribution in [1.29, 1.82) is 0 Å². The molecule has 0 atom stereocenters. The topological polar surface area (TPSA) is 104 Å². The molecule has 3 N–H and O–H groups in total. The first kappa shape index (κ1) is 20.5. The normalized spacial score (nSPS) is 12.8. The van der Waals surface area contributed by atoms with Crippen LogP contribution in [0.3, 0.4) is 0 Å². The number of aliphatic imine (C=N–C) groups is 1. The van der Waals surface area contributed by atoms with E-state index in [1.807, 2.05) is 44.2 Å². The monoisotopic (exact) mass is 415 g/mol. The van der Waals surface area contributed by atoms with Crippen molar-refractivity contribution in [3.63, 3.8) is 0 Å².